The smallest absolute Gasteiger partial charge is 0.341 e. The SMILES string of the molecule is COC(=O)c1cccnc1NCC(C)(C)NS(C)(=O)=O. The maximum Gasteiger partial charge on any atom is 0.341 e. The van der Waals surface area contributed by atoms with Crippen molar-refractivity contribution in [3.05, 3.63) is 23.9 Å². The van der Waals surface area contributed by atoms with Crippen LogP contribution < -0.4 is 10.0 Å². The summed E-state index contributed by atoms with van der Waals surface area (Å²) in [7, 11) is -2.03. The Labute approximate surface area is 118 Å². The van der Waals surface area contributed by atoms with Crippen molar-refractivity contribution in [3.63, 3.8) is 0 Å². The predicted octanol–water partition coefficient (Wildman–Crippen LogP) is 0.608. The van der Waals surface area contributed by atoms with Gasteiger partial charge in [-0.15, -0.1) is 0 Å². The van der Waals surface area contributed by atoms with Crippen molar-refractivity contribution in [3.8, 4) is 0 Å². The van der Waals surface area contributed by atoms with Crippen LogP contribution in [0, 0.1) is 0 Å². The number of esters is 1. The lowest BCUT2D eigenvalue weighted by Gasteiger charge is -2.25. The van der Waals surface area contributed by atoms with Gasteiger partial charge in [0.05, 0.1) is 13.4 Å². The number of methoxy groups -OCH3 is 1. The summed E-state index contributed by atoms with van der Waals surface area (Å²) >= 11 is 0. The highest BCUT2D eigenvalue weighted by molar-refractivity contribution is 7.88. The van der Waals surface area contributed by atoms with Gasteiger partial charge in [-0.25, -0.2) is 22.9 Å². The minimum atomic E-state index is -3.32. The van der Waals surface area contributed by atoms with Gasteiger partial charge in [0.1, 0.15) is 11.4 Å². The van der Waals surface area contributed by atoms with E-state index in [0.717, 1.165) is 6.26 Å². The van der Waals surface area contributed by atoms with E-state index in [1.165, 1.54) is 13.3 Å². The average Bonchev–Trinajstić information content (AvgIpc) is 2.33. The summed E-state index contributed by atoms with van der Waals surface area (Å²) in [6.07, 6.45) is 2.63. The normalized spacial score (nSPS) is 12.0. The number of ether oxygens (including phenoxy) is 1. The molecule has 0 fully saturated rings. The molecular formula is C12H19N3O4S. The van der Waals surface area contributed by atoms with Gasteiger partial charge in [-0.2, -0.15) is 0 Å². The van der Waals surface area contributed by atoms with Crippen LogP contribution in [0.15, 0.2) is 18.3 Å². The maximum absolute atomic E-state index is 11.6. The molecule has 1 aromatic heterocycles. The lowest BCUT2D eigenvalue weighted by Crippen LogP contribution is -2.48. The Morgan fingerprint density at radius 3 is 2.65 bits per heavy atom. The third-order valence-electron chi connectivity index (χ3n) is 2.37. The van der Waals surface area contributed by atoms with Crippen LogP contribution in [-0.2, 0) is 14.8 Å². The van der Waals surface area contributed by atoms with Crippen LogP contribution in [0.5, 0.6) is 0 Å². The predicted molar refractivity (Wildman–Crippen MR) is 76.1 cm³/mol. The molecule has 0 spiro atoms. The van der Waals surface area contributed by atoms with Crippen LogP contribution >= 0.6 is 0 Å². The second-order valence-electron chi connectivity index (χ2n) is 5.00. The van der Waals surface area contributed by atoms with E-state index < -0.39 is 21.5 Å². The molecule has 20 heavy (non-hydrogen) atoms. The summed E-state index contributed by atoms with van der Waals surface area (Å²) < 4.78 is 29.7. The molecule has 0 amide bonds. The molecule has 1 aromatic rings. The zero-order valence-electron chi connectivity index (χ0n) is 11.9. The molecule has 0 aliphatic heterocycles. The standard InChI is InChI=1S/C12H19N3O4S/c1-12(2,15-20(4,17)18)8-14-10-9(11(16)19-3)6-5-7-13-10/h5-7,15H,8H2,1-4H3,(H,13,14). The summed E-state index contributed by atoms with van der Waals surface area (Å²) in [6, 6.07) is 3.20. The Bertz CT molecular complexity index is 584. The highest BCUT2D eigenvalue weighted by Crippen LogP contribution is 2.14. The van der Waals surface area contributed by atoms with Gasteiger partial charge < -0.3 is 10.1 Å². The monoisotopic (exact) mass is 301 g/mol. The third kappa shape index (κ3) is 5.14. The average molecular weight is 301 g/mol. The van der Waals surface area contributed by atoms with Gasteiger partial charge in [-0.1, -0.05) is 0 Å². The minimum absolute atomic E-state index is 0.265. The number of nitrogens with one attached hydrogen (secondary N) is 2. The number of hydrogen-bond acceptors (Lipinski definition) is 6. The van der Waals surface area contributed by atoms with E-state index in [0.29, 0.717) is 11.4 Å². The molecule has 0 aliphatic carbocycles. The number of pyridine rings is 1. The van der Waals surface area contributed by atoms with Crippen molar-refractivity contribution in [1.82, 2.24) is 9.71 Å². The van der Waals surface area contributed by atoms with E-state index in [1.54, 1.807) is 26.0 Å². The number of hydrogen-bond donors (Lipinski definition) is 2. The van der Waals surface area contributed by atoms with E-state index in [9.17, 15) is 13.2 Å². The van der Waals surface area contributed by atoms with Crippen LogP contribution in [0.3, 0.4) is 0 Å². The van der Waals surface area contributed by atoms with E-state index in [-0.39, 0.29) is 6.54 Å². The zero-order chi connectivity index (χ0) is 15.4. The molecule has 0 atom stereocenters. The Kier molecular flexibility index (Phi) is 5.07. The van der Waals surface area contributed by atoms with Crippen LogP contribution in [0.1, 0.15) is 24.2 Å². The zero-order valence-corrected chi connectivity index (χ0v) is 12.7. The van der Waals surface area contributed by atoms with Gasteiger partial charge in [0, 0.05) is 18.3 Å². The number of anilines is 1. The molecule has 0 radical (unpaired) electrons. The van der Waals surface area contributed by atoms with Crippen molar-refractivity contribution < 1.29 is 17.9 Å². The molecule has 0 aliphatic rings. The van der Waals surface area contributed by atoms with E-state index in [1.807, 2.05) is 0 Å². The molecule has 7 nitrogen and oxygen atoms in total. The molecule has 0 unspecified atom stereocenters. The van der Waals surface area contributed by atoms with E-state index in [4.69, 9.17) is 0 Å². The molecule has 1 heterocycles. The first-order valence-corrected chi connectivity index (χ1v) is 7.80. The Hall–Kier alpha value is -1.67. The van der Waals surface area contributed by atoms with Gasteiger partial charge in [0.2, 0.25) is 10.0 Å². The quantitative estimate of drug-likeness (QED) is 0.747. The van der Waals surface area contributed by atoms with Gasteiger partial charge >= 0.3 is 5.97 Å². The molecule has 112 valence electrons. The first-order chi connectivity index (χ1) is 9.14. The van der Waals surface area contributed by atoms with Crippen LogP contribution in [0.2, 0.25) is 0 Å². The molecular weight excluding hydrogens is 282 g/mol. The molecule has 0 aromatic carbocycles. The molecule has 1 rings (SSSR count). The van der Waals surface area contributed by atoms with Crippen LogP contribution in [0.4, 0.5) is 5.82 Å². The Morgan fingerprint density at radius 1 is 1.45 bits per heavy atom. The first kappa shape index (κ1) is 16.4. The summed E-state index contributed by atoms with van der Waals surface area (Å²) in [5, 5.41) is 2.95. The van der Waals surface area contributed by atoms with Crippen molar-refractivity contribution >= 4 is 21.8 Å². The molecule has 0 bridgehead atoms. The molecule has 0 saturated heterocycles. The van der Waals surface area contributed by atoms with Gasteiger partial charge in [-0.3, -0.25) is 0 Å². The van der Waals surface area contributed by atoms with Crippen molar-refractivity contribution in [2.45, 2.75) is 19.4 Å². The number of carbonyl (C=O) groups excluding carboxylic acids is 1. The number of nitrogens with zero attached hydrogens (tertiary/aromatic N) is 1. The summed E-state index contributed by atoms with van der Waals surface area (Å²) in [4.78, 5) is 15.6. The Balaban J connectivity index is 2.82. The second kappa shape index (κ2) is 6.19. The lowest BCUT2D eigenvalue weighted by molar-refractivity contribution is 0.0601. The number of carbonyl (C=O) groups is 1. The minimum Gasteiger partial charge on any atom is -0.465 e. The maximum atomic E-state index is 11.6. The fourth-order valence-corrected chi connectivity index (χ4v) is 2.74. The highest BCUT2D eigenvalue weighted by atomic mass is 32.2. The number of aromatic nitrogens is 1. The topological polar surface area (TPSA) is 97.4 Å². The van der Waals surface area contributed by atoms with Gasteiger partial charge in [0.25, 0.3) is 0 Å². The summed E-state index contributed by atoms with van der Waals surface area (Å²) in [5.74, 6) is -0.155. The fraction of sp³-hybridized carbons (Fsp3) is 0.500. The van der Waals surface area contributed by atoms with Gasteiger partial charge in [-0.05, 0) is 26.0 Å². The molecule has 2 N–H and O–H groups in total. The largest absolute Gasteiger partial charge is 0.465 e. The van der Waals surface area contributed by atoms with Crippen molar-refractivity contribution in [2.75, 3.05) is 25.2 Å². The highest BCUT2D eigenvalue weighted by Gasteiger charge is 2.23. The number of rotatable bonds is 6. The van der Waals surface area contributed by atoms with Crippen LogP contribution in [-0.4, -0.2) is 44.8 Å². The second-order valence-corrected chi connectivity index (χ2v) is 6.75. The lowest BCUT2D eigenvalue weighted by atomic mass is 10.1. The summed E-state index contributed by atoms with van der Waals surface area (Å²) in [5.41, 5.74) is -0.427. The van der Waals surface area contributed by atoms with Gasteiger partial charge in [0.15, 0.2) is 0 Å². The fourth-order valence-electron chi connectivity index (χ4n) is 1.66. The van der Waals surface area contributed by atoms with Crippen LogP contribution in [0.25, 0.3) is 0 Å². The van der Waals surface area contributed by atoms with E-state index >= 15 is 0 Å². The van der Waals surface area contributed by atoms with E-state index in [2.05, 4.69) is 19.8 Å². The number of sulfonamides is 1. The molecule has 0 saturated carbocycles. The van der Waals surface area contributed by atoms with Crippen molar-refractivity contribution in [2.24, 2.45) is 0 Å². The molecule has 8 heteroatoms. The van der Waals surface area contributed by atoms with Crippen molar-refractivity contribution in [1.29, 1.82) is 0 Å². The Morgan fingerprint density at radius 2 is 2.10 bits per heavy atom. The third-order valence-corrected chi connectivity index (χ3v) is 3.30. The first-order valence-electron chi connectivity index (χ1n) is 5.91. The summed E-state index contributed by atoms with van der Waals surface area (Å²) in [6.45, 7) is 3.71.